The van der Waals surface area contributed by atoms with Crippen LogP contribution in [0.1, 0.15) is 15.9 Å². The zero-order valence-electron chi connectivity index (χ0n) is 12.3. The van der Waals surface area contributed by atoms with Gasteiger partial charge in [0.25, 0.3) is 11.6 Å². The van der Waals surface area contributed by atoms with Gasteiger partial charge in [-0.3, -0.25) is 14.9 Å². The van der Waals surface area contributed by atoms with Gasteiger partial charge in [-0.05, 0) is 30.3 Å². The molecule has 24 heavy (non-hydrogen) atoms. The molecule has 0 aliphatic heterocycles. The Morgan fingerprint density at radius 2 is 1.92 bits per heavy atom. The van der Waals surface area contributed by atoms with Crippen molar-refractivity contribution in [2.45, 2.75) is 6.18 Å². The van der Waals surface area contributed by atoms with Gasteiger partial charge < -0.3 is 10.1 Å². The van der Waals surface area contributed by atoms with E-state index < -0.39 is 28.3 Å². The molecule has 126 valence electrons. The van der Waals surface area contributed by atoms with E-state index in [9.17, 15) is 28.1 Å². The van der Waals surface area contributed by atoms with E-state index in [-0.39, 0.29) is 17.0 Å². The normalized spacial score (nSPS) is 11.0. The number of amides is 1. The number of halogens is 3. The molecule has 2 aromatic carbocycles. The second-order valence-electron chi connectivity index (χ2n) is 4.67. The van der Waals surface area contributed by atoms with Crippen LogP contribution < -0.4 is 10.1 Å². The van der Waals surface area contributed by atoms with E-state index in [1.165, 1.54) is 19.2 Å². The number of nitro groups is 1. The third kappa shape index (κ3) is 3.80. The number of methoxy groups -OCH3 is 1. The monoisotopic (exact) mass is 340 g/mol. The van der Waals surface area contributed by atoms with E-state index in [1.807, 2.05) is 0 Å². The largest absolute Gasteiger partial charge is 0.497 e. The highest BCUT2D eigenvalue weighted by atomic mass is 19.4. The van der Waals surface area contributed by atoms with Gasteiger partial charge in [0.2, 0.25) is 0 Å². The van der Waals surface area contributed by atoms with Crippen LogP contribution in [0.25, 0.3) is 0 Å². The first-order valence-electron chi connectivity index (χ1n) is 6.53. The summed E-state index contributed by atoms with van der Waals surface area (Å²) in [4.78, 5) is 22.5. The number of nitro benzene ring substituents is 1. The van der Waals surface area contributed by atoms with Crippen LogP contribution >= 0.6 is 0 Å². The molecule has 0 spiro atoms. The lowest BCUT2D eigenvalue weighted by molar-refractivity contribution is -0.385. The number of alkyl halides is 3. The van der Waals surface area contributed by atoms with Gasteiger partial charge in [0, 0.05) is 11.8 Å². The van der Waals surface area contributed by atoms with Gasteiger partial charge in [-0.15, -0.1) is 0 Å². The molecule has 0 bridgehead atoms. The van der Waals surface area contributed by atoms with Crippen LogP contribution in [0.15, 0.2) is 42.5 Å². The summed E-state index contributed by atoms with van der Waals surface area (Å²) in [5.74, 6) is -0.713. The zero-order chi connectivity index (χ0) is 17.9. The Bertz CT molecular complexity index is 791. The molecule has 0 fully saturated rings. The number of nitrogens with zero attached hydrogens (tertiary/aromatic N) is 1. The molecule has 0 aliphatic carbocycles. The molecule has 0 saturated heterocycles. The number of ether oxygens (including phenoxy) is 1. The molecule has 0 atom stereocenters. The minimum atomic E-state index is -4.57. The zero-order valence-corrected chi connectivity index (χ0v) is 12.3. The average molecular weight is 340 g/mol. The molecule has 0 aliphatic rings. The van der Waals surface area contributed by atoms with Crippen molar-refractivity contribution in [3.63, 3.8) is 0 Å². The standard InChI is InChI=1S/C15H11F3N2O4/c1-24-11-5-6-13(20(22)23)12(8-11)14(21)19-10-4-2-3-9(7-10)15(16,17)18/h2-8H,1H3,(H,19,21). The molecule has 0 saturated carbocycles. The van der Waals surface area contributed by atoms with Gasteiger partial charge >= 0.3 is 6.18 Å². The maximum atomic E-state index is 12.7. The quantitative estimate of drug-likeness (QED) is 0.676. The fraction of sp³-hybridized carbons (Fsp3) is 0.133. The van der Waals surface area contributed by atoms with Crippen molar-refractivity contribution in [1.29, 1.82) is 0 Å². The third-order valence-corrected chi connectivity index (χ3v) is 3.09. The molecule has 0 aromatic heterocycles. The predicted molar refractivity (Wildman–Crippen MR) is 79.0 cm³/mol. The average Bonchev–Trinajstić information content (AvgIpc) is 2.53. The molecule has 1 amide bonds. The highest BCUT2D eigenvalue weighted by Crippen LogP contribution is 2.31. The van der Waals surface area contributed by atoms with Crippen LogP contribution in [0.4, 0.5) is 24.5 Å². The van der Waals surface area contributed by atoms with Crippen molar-refractivity contribution in [1.82, 2.24) is 0 Å². The molecule has 6 nitrogen and oxygen atoms in total. The second kappa shape index (κ2) is 6.57. The summed E-state index contributed by atoms with van der Waals surface area (Å²) >= 11 is 0. The summed E-state index contributed by atoms with van der Waals surface area (Å²) in [7, 11) is 1.32. The highest BCUT2D eigenvalue weighted by Gasteiger charge is 2.30. The Labute approximate surface area is 134 Å². The van der Waals surface area contributed by atoms with Gasteiger partial charge in [0.15, 0.2) is 0 Å². The summed E-state index contributed by atoms with van der Waals surface area (Å²) in [6.45, 7) is 0. The lowest BCUT2D eigenvalue weighted by Gasteiger charge is -2.10. The maximum Gasteiger partial charge on any atom is 0.416 e. The molecule has 1 N–H and O–H groups in total. The molecular weight excluding hydrogens is 329 g/mol. The Hall–Kier alpha value is -3.10. The van der Waals surface area contributed by atoms with Gasteiger partial charge in [-0.2, -0.15) is 13.2 Å². The number of rotatable bonds is 4. The fourth-order valence-electron chi connectivity index (χ4n) is 1.95. The lowest BCUT2D eigenvalue weighted by Crippen LogP contribution is -2.15. The number of benzene rings is 2. The Morgan fingerprint density at radius 3 is 2.50 bits per heavy atom. The van der Waals surface area contributed by atoms with Crippen molar-refractivity contribution in [2.75, 3.05) is 12.4 Å². The number of hydrogen-bond acceptors (Lipinski definition) is 4. The summed E-state index contributed by atoms with van der Waals surface area (Å²) < 4.78 is 42.9. The molecule has 2 rings (SSSR count). The first kappa shape index (κ1) is 17.3. The number of carbonyl (C=O) groups is 1. The van der Waals surface area contributed by atoms with Crippen LogP contribution in [-0.2, 0) is 6.18 Å². The summed E-state index contributed by atoms with van der Waals surface area (Å²) in [6.07, 6.45) is -4.57. The van der Waals surface area contributed by atoms with E-state index in [2.05, 4.69) is 5.32 Å². The van der Waals surface area contributed by atoms with Crippen molar-refractivity contribution in [2.24, 2.45) is 0 Å². The van der Waals surface area contributed by atoms with Crippen LogP contribution in [-0.4, -0.2) is 17.9 Å². The van der Waals surface area contributed by atoms with E-state index >= 15 is 0 Å². The SMILES string of the molecule is COc1ccc([N+](=O)[O-])c(C(=O)Nc2cccc(C(F)(F)F)c2)c1. The van der Waals surface area contributed by atoms with E-state index in [0.29, 0.717) is 0 Å². The number of hydrogen-bond donors (Lipinski definition) is 1. The van der Waals surface area contributed by atoms with E-state index in [1.54, 1.807) is 0 Å². The van der Waals surface area contributed by atoms with Crippen molar-refractivity contribution in [3.05, 3.63) is 63.7 Å². The van der Waals surface area contributed by atoms with Gasteiger partial charge in [-0.1, -0.05) is 6.07 Å². The van der Waals surface area contributed by atoms with Crippen molar-refractivity contribution < 1.29 is 27.6 Å². The van der Waals surface area contributed by atoms with E-state index in [0.717, 1.165) is 30.3 Å². The molecule has 0 radical (unpaired) electrons. The number of anilines is 1. The maximum absolute atomic E-state index is 12.7. The highest BCUT2D eigenvalue weighted by molar-refractivity contribution is 6.07. The Kier molecular flexibility index (Phi) is 4.72. The van der Waals surface area contributed by atoms with Gasteiger partial charge in [0.1, 0.15) is 11.3 Å². The van der Waals surface area contributed by atoms with E-state index in [4.69, 9.17) is 4.74 Å². The third-order valence-electron chi connectivity index (χ3n) is 3.09. The minimum absolute atomic E-state index is 0.132. The molecular formula is C15H11F3N2O4. The van der Waals surface area contributed by atoms with Crippen LogP contribution in [0.5, 0.6) is 5.75 Å². The van der Waals surface area contributed by atoms with Crippen LogP contribution in [0, 0.1) is 10.1 Å². The first-order valence-corrected chi connectivity index (χ1v) is 6.53. The number of carbonyl (C=O) groups excluding carboxylic acids is 1. The molecule has 0 heterocycles. The van der Waals surface area contributed by atoms with Gasteiger partial charge in [0.05, 0.1) is 17.6 Å². The van der Waals surface area contributed by atoms with Crippen molar-refractivity contribution in [3.8, 4) is 5.75 Å². The van der Waals surface area contributed by atoms with Gasteiger partial charge in [-0.25, -0.2) is 0 Å². The molecule has 2 aromatic rings. The second-order valence-corrected chi connectivity index (χ2v) is 4.67. The summed E-state index contributed by atoms with van der Waals surface area (Å²) in [5.41, 5.74) is -1.88. The minimum Gasteiger partial charge on any atom is -0.497 e. The van der Waals surface area contributed by atoms with Crippen LogP contribution in [0.3, 0.4) is 0 Å². The Balaban J connectivity index is 2.35. The molecule has 9 heteroatoms. The summed E-state index contributed by atoms with van der Waals surface area (Å²) in [6, 6.07) is 7.49. The summed E-state index contributed by atoms with van der Waals surface area (Å²) in [5, 5.41) is 13.2. The van der Waals surface area contributed by atoms with Crippen LogP contribution in [0.2, 0.25) is 0 Å². The first-order chi connectivity index (χ1) is 11.2. The number of nitrogens with one attached hydrogen (secondary N) is 1. The van der Waals surface area contributed by atoms with Crippen molar-refractivity contribution >= 4 is 17.3 Å². The Morgan fingerprint density at radius 1 is 1.21 bits per heavy atom. The fourth-order valence-corrected chi connectivity index (χ4v) is 1.95. The smallest absolute Gasteiger partial charge is 0.416 e. The lowest BCUT2D eigenvalue weighted by atomic mass is 10.1. The molecule has 0 unspecified atom stereocenters. The predicted octanol–water partition coefficient (Wildman–Crippen LogP) is 3.87. The topological polar surface area (TPSA) is 81.5 Å².